The number of ketones is 1. The van der Waals surface area contributed by atoms with Gasteiger partial charge in [0.1, 0.15) is 11.5 Å². The van der Waals surface area contributed by atoms with Gasteiger partial charge in [-0.15, -0.1) is 0 Å². The second-order valence-electron chi connectivity index (χ2n) is 6.86. The Bertz CT molecular complexity index is 1110. The van der Waals surface area contributed by atoms with Gasteiger partial charge in [-0.1, -0.05) is 24.2 Å². The van der Waals surface area contributed by atoms with Gasteiger partial charge in [0.05, 0.1) is 24.5 Å². The van der Waals surface area contributed by atoms with Gasteiger partial charge in [0.25, 0.3) is 5.91 Å². The Balaban J connectivity index is 1.84. The van der Waals surface area contributed by atoms with E-state index in [0.29, 0.717) is 23.7 Å². The Morgan fingerprint density at radius 1 is 1.27 bits per heavy atom. The van der Waals surface area contributed by atoms with Crippen molar-refractivity contribution in [3.05, 3.63) is 77.1 Å². The molecule has 1 aromatic carbocycles. The fourth-order valence-corrected chi connectivity index (χ4v) is 3.39. The van der Waals surface area contributed by atoms with Gasteiger partial charge < -0.3 is 18.8 Å². The van der Waals surface area contributed by atoms with Crippen LogP contribution in [0.4, 0.5) is 5.82 Å². The molecule has 154 valence electrons. The molecule has 4 rings (SSSR count). The summed E-state index contributed by atoms with van der Waals surface area (Å²) in [5.41, 5.74) is 0.486. The van der Waals surface area contributed by atoms with Crippen LogP contribution >= 0.6 is 0 Å². The maximum Gasteiger partial charge on any atom is 0.295 e. The number of aliphatic hydroxyl groups is 1. The minimum atomic E-state index is -0.926. The third kappa shape index (κ3) is 3.36. The minimum absolute atomic E-state index is 0.0194. The highest BCUT2D eigenvalue weighted by atomic mass is 16.5. The summed E-state index contributed by atoms with van der Waals surface area (Å²) in [6.07, 6.45) is 2.19. The van der Waals surface area contributed by atoms with Gasteiger partial charge in [-0.05, 0) is 43.2 Å². The predicted octanol–water partition coefficient (Wildman–Crippen LogP) is 4.15. The van der Waals surface area contributed by atoms with Crippen molar-refractivity contribution in [3.63, 3.8) is 0 Å². The topological polar surface area (TPSA) is 106 Å². The zero-order valence-electron chi connectivity index (χ0n) is 16.5. The molecule has 0 unspecified atom stereocenters. The van der Waals surface area contributed by atoms with E-state index < -0.39 is 23.5 Å². The average molecular weight is 408 g/mol. The molecule has 1 aliphatic rings. The van der Waals surface area contributed by atoms with Crippen molar-refractivity contribution in [2.24, 2.45) is 0 Å². The van der Waals surface area contributed by atoms with Crippen molar-refractivity contribution in [1.82, 2.24) is 5.16 Å². The van der Waals surface area contributed by atoms with E-state index in [1.165, 1.54) is 17.2 Å². The largest absolute Gasteiger partial charge is 0.503 e. The lowest BCUT2D eigenvalue weighted by Gasteiger charge is -2.24. The molecule has 3 aromatic rings. The molecule has 1 aliphatic heterocycles. The van der Waals surface area contributed by atoms with Crippen molar-refractivity contribution < 1.29 is 28.4 Å². The van der Waals surface area contributed by atoms with Gasteiger partial charge in [0.2, 0.25) is 5.78 Å². The number of aliphatic hydroxyl groups excluding tert-OH is 1. The molecule has 3 heterocycles. The molecule has 0 spiro atoms. The Hall–Kier alpha value is -3.81. The van der Waals surface area contributed by atoms with E-state index in [9.17, 15) is 14.7 Å². The first-order valence-electron chi connectivity index (χ1n) is 9.52. The molecule has 0 saturated heterocycles. The van der Waals surface area contributed by atoms with Crippen molar-refractivity contribution in [2.75, 3.05) is 11.5 Å². The Labute approximate surface area is 172 Å². The van der Waals surface area contributed by atoms with Crippen molar-refractivity contribution in [3.8, 4) is 5.75 Å². The molecule has 8 nitrogen and oxygen atoms in total. The number of amides is 1. The predicted molar refractivity (Wildman–Crippen MR) is 106 cm³/mol. The zero-order valence-corrected chi connectivity index (χ0v) is 16.5. The fourth-order valence-electron chi connectivity index (χ4n) is 3.39. The van der Waals surface area contributed by atoms with Crippen molar-refractivity contribution in [2.45, 2.75) is 26.3 Å². The van der Waals surface area contributed by atoms with Crippen LogP contribution in [0.25, 0.3) is 0 Å². The van der Waals surface area contributed by atoms with E-state index in [-0.39, 0.29) is 17.2 Å². The van der Waals surface area contributed by atoms with Crippen LogP contribution in [0.15, 0.2) is 69.0 Å². The fraction of sp³-hybridized carbons (Fsp3) is 0.227. The number of rotatable bonds is 7. The Morgan fingerprint density at radius 3 is 2.77 bits per heavy atom. The molecule has 30 heavy (non-hydrogen) atoms. The molecule has 1 N–H and O–H groups in total. The lowest BCUT2D eigenvalue weighted by Crippen LogP contribution is -2.31. The highest BCUT2D eigenvalue weighted by Gasteiger charge is 2.46. The van der Waals surface area contributed by atoms with Gasteiger partial charge in [0.15, 0.2) is 17.3 Å². The number of benzene rings is 1. The van der Waals surface area contributed by atoms with Crippen LogP contribution in [0.5, 0.6) is 5.75 Å². The first-order valence-corrected chi connectivity index (χ1v) is 9.52. The smallest absolute Gasteiger partial charge is 0.295 e. The number of aromatic nitrogens is 1. The molecule has 0 fully saturated rings. The molecule has 0 saturated carbocycles. The van der Waals surface area contributed by atoms with Crippen LogP contribution in [0.1, 0.15) is 41.3 Å². The van der Waals surface area contributed by atoms with Crippen LogP contribution in [0.2, 0.25) is 0 Å². The van der Waals surface area contributed by atoms with E-state index in [0.717, 1.165) is 6.42 Å². The summed E-state index contributed by atoms with van der Waals surface area (Å²) >= 11 is 0. The number of furan rings is 1. The van der Waals surface area contributed by atoms with Crippen LogP contribution in [0.3, 0.4) is 0 Å². The van der Waals surface area contributed by atoms with E-state index >= 15 is 0 Å². The summed E-state index contributed by atoms with van der Waals surface area (Å²) in [7, 11) is 0. The molecule has 1 atom stereocenters. The lowest BCUT2D eigenvalue weighted by atomic mass is 9.95. The van der Waals surface area contributed by atoms with Gasteiger partial charge in [-0.3, -0.25) is 14.5 Å². The van der Waals surface area contributed by atoms with Crippen LogP contribution in [-0.4, -0.2) is 28.6 Å². The third-order valence-corrected chi connectivity index (χ3v) is 4.71. The van der Waals surface area contributed by atoms with E-state index in [1.807, 2.05) is 6.92 Å². The summed E-state index contributed by atoms with van der Waals surface area (Å²) in [6, 6.07) is 10.7. The maximum atomic E-state index is 13.1. The van der Waals surface area contributed by atoms with Crippen molar-refractivity contribution in [1.29, 1.82) is 0 Å². The molecular weight excluding hydrogens is 388 g/mol. The van der Waals surface area contributed by atoms with E-state index in [4.69, 9.17) is 13.7 Å². The molecule has 2 aromatic heterocycles. The van der Waals surface area contributed by atoms with Crippen molar-refractivity contribution >= 4 is 17.5 Å². The minimum Gasteiger partial charge on any atom is -0.503 e. The maximum absolute atomic E-state index is 13.1. The molecule has 0 bridgehead atoms. The highest BCUT2D eigenvalue weighted by Crippen LogP contribution is 2.42. The normalized spacial score (nSPS) is 16.4. The first-order chi connectivity index (χ1) is 14.5. The second-order valence-corrected chi connectivity index (χ2v) is 6.86. The number of ether oxygens (including phenoxy) is 1. The summed E-state index contributed by atoms with van der Waals surface area (Å²) in [5.74, 6) is -0.693. The average Bonchev–Trinajstić information content (AvgIpc) is 3.47. The second kappa shape index (κ2) is 7.90. The van der Waals surface area contributed by atoms with E-state index in [1.54, 1.807) is 43.3 Å². The number of aryl methyl sites for hydroxylation is 1. The van der Waals surface area contributed by atoms with Gasteiger partial charge in [-0.25, -0.2) is 0 Å². The number of hydrogen-bond donors (Lipinski definition) is 1. The summed E-state index contributed by atoms with van der Waals surface area (Å²) in [6.45, 7) is 4.21. The standard InChI is InChI=1S/C22H20N2O6/c1-3-9-28-15-7-4-6-14(12-15)19-18(20(25)16-8-5-10-29-16)21(26)22(27)24(19)17-11-13(2)30-23-17/h4-8,10-12,19,26H,3,9H2,1-2H3/t19-/m1/s1. The van der Waals surface area contributed by atoms with Gasteiger partial charge in [-0.2, -0.15) is 0 Å². The molecule has 8 heteroatoms. The van der Waals surface area contributed by atoms with E-state index in [2.05, 4.69) is 5.16 Å². The number of Topliss-reactive ketones (excluding diaryl/α,β-unsaturated/α-hetero) is 1. The first kappa shape index (κ1) is 19.5. The molecule has 1 amide bonds. The number of carbonyl (C=O) groups is 2. The quantitative estimate of drug-likeness (QED) is 0.585. The zero-order chi connectivity index (χ0) is 21.3. The summed E-state index contributed by atoms with van der Waals surface area (Å²) in [5, 5.41) is 14.6. The third-order valence-electron chi connectivity index (χ3n) is 4.71. The summed E-state index contributed by atoms with van der Waals surface area (Å²) < 4.78 is 16.0. The van der Waals surface area contributed by atoms with Gasteiger partial charge >= 0.3 is 0 Å². The van der Waals surface area contributed by atoms with Crippen LogP contribution in [-0.2, 0) is 4.79 Å². The monoisotopic (exact) mass is 408 g/mol. The number of anilines is 1. The van der Waals surface area contributed by atoms with Crippen LogP contribution < -0.4 is 9.64 Å². The number of hydrogen-bond acceptors (Lipinski definition) is 7. The Morgan fingerprint density at radius 2 is 2.10 bits per heavy atom. The molecule has 0 aliphatic carbocycles. The highest BCUT2D eigenvalue weighted by molar-refractivity contribution is 6.19. The molecule has 0 radical (unpaired) electrons. The number of carbonyl (C=O) groups excluding carboxylic acids is 2. The summed E-state index contributed by atoms with van der Waals surface area (Å²) in [4.78, 5) is 27.3. The molecular formula is C22H20N2O6. The lowest BCUT2D eigenvalue weighted by molar-refractivity contribution is -0.117. The van der Waals surface area contributed by atoms with Crippen LogP contribution in [0, 0.1) is 6.92 Å². The Kier molecular flexibility index (Phi) is 5.14. The SMILES string of the molecule is CCCOc1cccc([C@@H]2C(C(=O)c3ccco3)=C(O)C(=O)N2c2cc(C)on2)c1. The number of nitrogens with zero attached hydrogens (tertiary/aromatic N) is 2. The van der Waals surface area contributed by atoms with Gasteiger partial charge in [0, 0.05) is 6.07 Å².